The number of nitrogens with zero attached hydrogens (tertiary/aromatic N) is 1. The van der Waals surface area contributed by atoms with E-state index in [4.69, 9.17) is 4.74 Å². The van der Waals surface area contributed by atoms with Crippen molar-refractivity contribution in [3.05, 3.63) is 69.9 Å². The molecule has 1 aliphatic rings. The summed E-state index contributed by atoms with van der Waals surface area (Å²) in [5.74, 6) is -1.97. The molecular formula is C31H39FN4O6S. The minimum Gasteiger partial charge on any atom is -0.491 e. The van der Waals surface area contributed by atoms with Gasteiger partial charge in [0.2, 0.25) is 17.7 Å². The summed E-state index contributed by atoms with van der Waals surface area (Å²) < 4.78 is 20.3. The zero-order valence-corrected chi connectivity index (χ0v) is 26.0. The van der Waals surface area contributed by atoms with E-state index in [0.29, 0.717) is 12.3 Å². The number of aryl methyl sites for hydroxylation is 1. The Labute approximate surface area is 255 Å². The summed E-state index contributed by atoms with van der Waals surface area (Å²) in [6.45, 7) is 8.17. The summed E-state index contributed by atoms with van der Waals surface area (Å²) in [6.07, 6.45) is 0.605. The second-order valence-electron chi connectivity index (χ2n) is 11.5. The highest BCUT2D eigenvalue weighted by molar-refractivity contribution is 8.17. The SMILES string of the molecule is Cc1ccc(CNC(=O)[C@H](COc2cccc(/C=C3/CN(C)C(=O)S3)c2)NC(=O)[C@@H](NC(=O)C(C)(C)C)[C@@H](C)O)c(F)c1. The lowest BCUT2D eigenvalue weighted by Crippen LogP contribution is -2.59. The lowest BCUT2D eigenvalue weighted by molar-refractivity contribution is -0.137. The van der Waals surface area contributed by atoms with Gasteiger partial charge in [-0.15, -0.1) is 0 Å². The highest BCUT2D eigenvalue weighted by atomic mass is 32.2. The van der Waals surface area contributed by atoms with Crippen molar-refractivity contribution in [3.63, 3.8) is 0 Å². The molecule has 0 aliphatic carbocycles. The van der Waals surface area contributed by atoms with E-state index < -0.39 is 47.1 Å². The number of carbonyl (C=O) groups excluding carboxylic acids is 4. The molecule has 0 saturated carbocycles. The number of thioether (sulfide) groups is 1. The number of ether oxygens (including phenoxy) is 1. The molecule has 3 atom stereocenters. The average molecular weight is 615 g/mol. The summed E-state index contributed by atoms with van der Waals surface area (Å²) in [4.78, 5) is 53.3. The van der Waals surface area contributed by atoms with Gasteiger partial charge in [-0.3, -0.25) is 19.2 Å². The fraction of sp³-hybridized carbons (Fsp3) is 0.419. The van der Waals surface area contributed by atoms with E-state index in [1.807, 2.05) is 12.1 Å². The topological polar surface area (TPSA) is 137 Å². The van der Waals surface area contributed by atoms with E-state index in [-0.39, 0.29) is 24.0 Å². The van der Waals surface area contributed by atoms with Gasteiger partial charge in [0.05, 0.1) is 12.6 Å². The molecule has 0 radical (unpaired) electrons. The van der Waals surface area contributed by atoms with Crippen molar-refractivity contribution >= 4 is 40.8 Å². The molecule has 0 unspecified atom stereocenters. The number of amides is 4. The third-order valence-electron chi connectivity index (χ3n) is 6.55. The zero-order valence-electron chi connectivity index (χ0n) is 25.2. The molecule has 0 aromatic heterocycles. The van der Waals surface area contributed by atoms with Crippen LogP contribution in [0.5, 0.6) is 5.75 Å². The monoisotopic (exact) mass is 614 g/mol. The molecule has 1 heterocycles. The first-order valence-electron chi connectivity index (χ1n) is 13.8. The van der Waals surface area contributed by atoms with Crippen molar-refractivity contribution in [2.45, 2.75) is 59.4 Å². The molecule has 232 valence electrons. The van der Waals surface area contributed by atoms with Crippen molar-refractivity contribution in [2.75, 3.05) is 20.2 Å². The average Bonchev–Trinajstić information content (AvgIpc) is 3.23. The molecule has 12 heteroatoms. The van der Waals surface area contributed by atoms with Gasteiger partial charge in [0.15, 0.2) is 0 Å². The van der Waals surface area contributed by atoms with E-state index in [2.05, 4.69) is 16.0 Å². The number of carbonyl (C=O) groups is 4. The van der Waals surface area contributed by atoms with Gasteiger partial charge in [-0.25, -0.2) is 4.39 Å². The Bertz CT molecular complexity index is 1390. The number of likely N-dealkylation sites (N-methyl/N-ethyl adjacent to an activating group) is 1. The standard InChI is InChI=1S/C31H39FN4O6S/c1-18-10-11-21(24(32)12-18)15-33-27(38)25(34-28(39)26(19(2)37)35-29(40)31(3,4)5)17-42-22-9-7-8-20(13-22)14-23-16-36(6)30(41)43-23/h7-14,19,25-26,37H,15-17H2,1-6H3,(H,33,38)(H,34,39)(H,35,40)/b23-14-/t19-,25+,26+/m1/s1. The predicted octanol–water partition coefficient (Wildman–Crippen LogP) is 3.37. The molecule has 0 bridgehead atoms. The van der Waals surface area contributed by atoms with Crippen LogP contribution in [0, 0.1) is 18.2 Å². The maximum Gasteiger partial charge on any atom is 0.286 e. The van der Waals surface area contributed by atoms with Crippen LogP contribution in [0.25, 0.3) is 6.08 Å². The summed E-state index contributed by atoms with van der Waals surface area (Å²) in [6, 6.07) is 9.06. The van der Waals surface area contributed by atoms with Gasteiger partial charge in [0, 0.05) is 29.5 Å². The molecule has 4 amide bonds. The van der Waals surface area contributed by atoms with Crippen LogP contribution in [0.15, 0.2) is 47.4 Å². The maximum atomic E-state index is 14.4. The molecule has 0 spiro atoms. The van der Waals surface area contributed by atoms with Crippen LogP contribution in [-0.2, 0) is 20.9 Å². The van der Waals surface area contributed by atoms with Gasteiger partial charge in [0.25, 0.3) is 5.24 Å². The van der Waals surface area contributed by atoms with Gasteiger partial charge in [-0.2, -0.15) is 0 Å². The summed E-state index contributed by atoms with van der Waals surface area (Å²) >= 11 is 1.15. The van der Waals surface area contributed by atoms with Gasteiger partial charge >= 0.3 is 0 Å². The first kappa shape index (κ1) is 33.6. The number of hydrogen-bond acceptors (Lipinski definition) is 7. The number of nitrogens with one attached hydrogen (secondary N) is 3. The van der Waals surface area contributed by atoms with E-state index >= 15 is 0 Å². The fourth-order valence-electron chi connectivity index (χ4n) is 3.96. The number of rotatable bonds is 11. The minimum absolute atomic E-state index is 0.0389. The quantitative estimate of drug-likeness (QED) is 0.305. The van der Waals surface area contributed by atoms with Crippen molar-refractivity contribution in [3.8, 4) is 5.75 Å². The summed E-state index contributed by atoms with van der Waals surface area (Å²) in [5, 5.41) is 18.0. The van der Waals surface area contributed by atoms with Crippen LogP contribution < -0.4 is 20.7 Å². The number of benzene rings is 2. The zero-order chi connectivity index (χ0) is 31.9. The van der Waals surface area contributed by atoms with Crippen molar-refractivity contribution in [2.24, 2.45) is 5.41 Å². The number of aliphatic hydroxyl groups is 1. The Morgan fingerprint density at radius 3 is 2.47 bits per heavy atom. The van der Waals surface area contributed by atoms with Gasteiger partial charge < -0.3 is 30.7 Å². The fourth-order valence-corrected chi connectivity index (χ4v) is 4.86. The Morgan fingerprint density at radius 1 is 1.14 bits per heavy atom. The summed E-state index contributed by atoms with van der Waals surface area (Å²) in [5.41, 5.74) is 0.947. The van der Waals surface area contributed by atoms with Crippen molar-refractivity contribution < 1.29 is 33.4 Å². The van der Waals surface area contributed by atoms with Crippen molar-refractivity contribution in [1.82, 2.24) is 20.9 Å². The van der Waals surface area contributed by atoms with E-state index in [0.717, 1.165) is 27.8 Å². The lowest BCUT2D eigenvalue weighted by atomic mass is 9.94. The molecule has 10 nitrogen and oxygen atoms in total. The molecule has 2 aromatic carbocycles. The number of hydrogen-bond donors (Lipinski definition) is 4. The van der Waals surface area contributed by atoms with Crippen LogP contribution in [0.3, 0.4) is 0 Å². The van der Waals surface area contributed by atoms with Crippen molar-refractivity contribution in [1.29, 1.82) is 0 Å². The molecule has 2 aromatic rings. The minimum atomic E-state index is -1.34. The smallest absolute Gasteiger partial charge is 0.286 e. The van der Waals surface area contributed by atoms with Crippen LogP contribution in [0.1, 0.15) is 44.4 Å². The largest absolute Gasteiger partial charge is 0.491 e. The van der Waals surface area contributed by atoms with E-state index in [9.17, 15) is 28.7 Å². The predicted molar refractivity (Wildman–Crippen MR) is 164 cm³/mol. The molecule has 3 rings (SSSR count). The molecule has 1 saturated heterocycles. The molecule has 1 fully saturated rings. The van der Waals surface area contributed by atoms with E-state index in [1.165, 1.54) is 13.0 Å². The van der Waals surface area contributed by atoms with Gasteiger partial charge in [-0.1, -0.05) is 45.0 Å². The first-order chi connectivity index (χ1) is 20.1. The third kappa shape index (κ3) is 9.82. The van der Waals surface area contributed by atoms with Crippen LogP contribution in [-0.4, -0.2) is 71.4 Å². The van der Waals surface area contributed by atoms with E-state index in [1.54, 1.807) is 70.0 Å². The number of aliphatic hydroxyl groups excluding tert-OH is 1. The maximum absolute atomic E-state index is 14.4. The normalized spacial score (nSPS) is 16.4. The molecule has 4 N–H and O–H groups in total. The van der Waals surface area contributed by atoms with Crippen LogP contribution in [0.4, 0.5) is 9.18 Å². The Morgan fingerprint density at radius 2 is 1.86 bits per heavy atom. The number of halogens is 1. The van der Waals surface area contributed by atoms with Crippen LogP contribution >= 0.6 is 11.8 Å². The molecule has 43 heavy (non-hydrogen) atoms. The second-order valence-corrected chi connectivity index (χ2v) is 12.6. The Hall–Kier alpha value is -3.90. The van der Waals surface area contributed by atoms with Crippen LogP contribution in [0.2, 0.25) is 0 Å². The second kappa shape index (κ2) is 14.5. The molecular weight excluding hydrogens is 575 g/mol. The third-order valence-corrected chi connectivity index (χ3v) is 7.55. The molecule has 1 aliphatic heterocycles. The first-order valence-corrected chi connectivity index (χ1v) is 14.6. The highest BCUT2D eigenvalue weighted by Gasteiger charge is 2.33. The Kier molecular flexibility index (Phi) is 11.3. The van der Waals surface area contributed by atoms with Gasteiger partial charge in [0.1, 0.15) is 30.3 Å². The Balaban J connectivity index is 1.77. The van der Waals surface area contributed by atoms with Gasteiger partial charge in [-0.05, 0) is 61.0 Å². The highest BCUT2D eigenvalue weighted by Crippen LogP contribution is 2.30. The lowest BCUT2D eigenvalue weighted by Gasteiger charge is -2.27. The summed E-state index contributed by atoms with van der Waals surface area (Å²) in [7, 11) is 1.72.